The van der Waals surface area contributed by atoms with Gasteiger partial charge < -0.3 is 10.1 Å². The van der Waals surface area contributed by atoms with E-state index in [0.29, 0.717) is 0 Å². The molecule has 0 aliphatic heterocycles. The Kier molecular flexibility index (Phi) is 3.39. The molecule has 0 atom stereocenters. The van der Waals surface area contributed by atoms with Gasteiger partial charge in [-0.25, -0.2) is 8.78 Å². The van der Waals surface area contributed by atoms with Crippen LogP contribution in [0.15, 0.2) is 18.2 Å². The molecule has 0 amide bonds. The lowest BCUT2D eigenvalue weighted by atomic mass is 10.3. The van der Waals surface area contributed by atoms with Crippen LogP contribution in [0.4, 0.5) is 14.5 Å². The number of carbonyl (C=O) groups is 1. The molecule has 0 fully saturated rings. The highest BCUT2D eigenvalue weighted by Crippen LogP contribution is 2.12. The Hall–Kier alpha value is -1.65. The molecule has 3 nitrogen and oxygen atoms in total. The summed E-state index contributed by atoms with van der Waals surface area (Å²) in [6, 6.07) is 2.93. The second-order valence-corrected chi connectivity index (χ2v) is 2.59. The standard InChI is InChI=1S/C9H9F2NO2/c1-14-9(13)5-12-8-3-6(10)2-7(11)4-8/h2-4,12H,5H2,1H3. The fraction of sp³-hybridized carbons (Fsp3) is 0.222. The molecule has 76 valence electrons. The minimum absolute atomic E-state index is 0.126. The number of anilines is 1. The van der Waals surface area contributed by atoms with Gasteiger partial charge in [0.05, 0.1) is 7.11 Å². The quantitative estimate of drug-likeness (QED) is 0.754. The van der Waals surface area contributed by atoms with E-state index in [9.17, 15) is 13.6 Å². The number of methoxy groups -OCH3 is 1. The van der Waals surface area contributed by atoms with E-state index in [1.807, 2.05) is 0 Å². The van der Waals surface area contributed by atoms with E-state index in [1.54, 1.807) is 0 Å². The van der Waals surface area contributed by atoms with Crippen LogP contribution in [0, 0.1) is 11.6 Å². The predicted octanol–water partition coefficient (Wildman–Crippen LogP) is 1.55. The van der Waals surface area contributed by atoms with Crippen LogP contribution in [0.2, 0.25) is 0 Å². The summed E-state index contributed by atoms with van der Waals surface area (Å²) in [6.45, 7) is -0.126. The molecule has 1 aromatic rings. The van der Waals surface area contributed by atoms with Crippen molar-refractivity contribution in [3.05, 3.63) is 29.8 Å². The molecule has 0 aliphatic carbocycles. The summed E-state index contributed by atoms with van der Waals surface area (Å²) in [7, 11) is 1.23. The molecule has 1 rings (SSSR count). The first-order valence-electron chi connectivity index (χ1n) is 3.88. The number of hydrogen-bond donors (Lipinski definition) is 1. The van der Waals surface area contributed by atoms with Crippen molar-refractivity contribution in [2.45, 2.75) is 0 Å². The fourth-order valence-corrected chi connectivity index (χ4v) is 0.902. The summed E-state index contributed by atoms with van der Waals surface area (Å²) < 4.78 is 29.6. The average Bonchev–Trinajstić information content (AvgIpc) is 2.12. The van der Waals surface area contributed by atoms with E-state index in [-0.39, 0.29) is 12.2 Å². The molecule has 0 radical (unpaired) electrons. The topological polar surface area (TPSA) is 38.3 Å². The second kappa shape index (κ2) is 4.55. The lowest BCUT2D eigenvalue weighted by Gasteiger charge is -2.04. The summed E-state index contributed by atoms with van der Waals surface area (Å²) in [4.78, 5) is 10.7. The van der Waals surface area contributed by atoms with Crippen LogP contribution < -0.4 is 5.32 Å². The van der Waals surface area contributed by atoms with Crippen LogP contribution in [0.3, 0.4) is 0 Å². The van der Waals surface area contributed by atoms with Gasteiger partial charge in [0.25, 0.3) is 0 Å². The number of carbonyl (C=O) groups excluding carboxylic acids is 1. The van der Waals surface area contributed by atoms with Gasteiger partial charge in [-0.3, -0.25) is 4.79 Å². The maximum Gasteiger partial charge on any atom is 0.325 e. The molecule has 0 saturated carbocycles. The molecule has 0 unspecified atom stereocenters. The van der Waals surface area contributed by atoms with E-state index in [0.717, 1.165) is 18.2 Å². The fourth-order valence-electron chi connectivity index (χ4n) is 0.902. The molecule has 0 heterocycles. The lowest BCUT2D eigenvalue weighted by Crippen LogP contribution is -2.15. The highest BCUT2D eigenvalue weighted by molar-refractivity contribution is 5.74. The zero-order chi connectivity index (χ0) is 10.6. The highest BCUT2D eigenvalue weighted by Gasteiger charge is 2.02. The number of benzene rings is 1. The van der Waals surface area contributed by atoms with Crippen molar-refractivity contribution in [2.75, 3.05) is 19.0 Å². The lowest BCUT2D eigenvalue weighted by molar-refractivity contribution is -0.138. The molecule has 14 heavy (non-hydrogen) atoms. The zero-order valence-electron chi connectivity index (χ0n) is 7.51. The van der Waals surface area contributed by atoms with Gasteiger partial charge in [-0.2, -0.15) is 0 Å². The van der Waals surface area contributed by atoms with Crippen molar-refractivity contribution in [1.82, 2.24) is 0 Å². The van der Waals surface area contributed by atoms with Gasteiger partial charge in [0, 0.05) is 11.8 Å². The largest absolute Gasteiger partial charge is 0.468 e. The van der Waals surface area contributed by atoms with Gasteiger partial charge in [0.1, 0.15) is 18.2 Å². The maximum atomic E-state index is 12.6. The number of hydrogen-bond acceptors (Lipinski definition) is 3. The van der Waals surface area contributed by atoms with E-state index in [2.05, 4.69) is 10.1 Å². The molecule has 0 aromatic heterocycles. The van der Waals surface area contributed by atoms with Gasteiger partial charge in [0.15, 0.2) is 0 Å². The minimum atomic E-state index is -0.697. The maximum absolute atomic E-state index is 12.6. The zero-order valence-corrected chi connectivity index (χ0v) is 7.51. The average molecular weight is 201 g/mol. The van der Waals surface area contributed by atoms with Gasteiger partial charge in [-0.15, -0.1) is 0 Å². The van der Waals surface area contributed by atoms with Crippen molar-refractivity contribution in [3.8, 4) is 0 Å². The predicted molar refractivity (Wildman–Crippen MR) is 46.9 cm³/mol. The molecule has 0 aliphatic rings. The van der Waals surface area contributed by atoms with Crippen LogP contribution in [0.25, 0.3) is 0 Å². The first kappa shape index (κ1) is 10.4. The molecule has 0 bridgehead atoms. The Morgan fingerprint density at radius 1 is 1.36 bits per heavy atom. The number of nitrogens with one attached hydrogen (secondary N) is 1. The van der Waals surface area contributed by atoms with E-state index in [4.69, 9.17) is 0 Å². The van der Waals surface area contributed by atoms with E-state index >= 15 is 0 Å². The Bertz CT molecular complexity index is 321. The molecule has 0 saturated heterocycles. The Balaban J connectivity index is 2.63. The molecule has 5 heteroatoms. The third-order valence-electron chi connectivity index (χ3n) is 1.53. The van der Waals surface area contributed by atoms with Gasteiger partial charge >= 0.3 is 5.97 Å². The summed E-state index contributed by atoms with van der Waals surface area (Å²) >= 11 is 0. The third-order valence-corrected chi connectivity index (χ3v) is 1.53. The molecule has 0 spiro atoms. The van der Waals surface area contributed by atoms with Gasteiger partial charge in [-0.05, 0) is 12.1 Å². The van der Waals surface area contributed by atoms with Crippen LogP contribution in [0.1, 0.15) is 0 Å². The monoisotopic (exact) mass is 201 g/mol. The normalized spacial score (nSPS) is 9.64. The molecular weight excluding hydrogens is 192 g/mol. The van der Waals surface area contributed by atoms with Crippen LogP contribution in [0.5, 0.6) is 0 Å². The van der Waals surface area contributed by atoms with E-state index in [1.165, 1.54) is 7.11 Å². The molecule has 1 aromatic carbocycles. The Morgan fingerprint density at radius 2 is 1.93 bits per heavy atom. The smallest absolute Gasteiger partial charge is 0.325 e. The summed E-state index contributed by atoms with van der Waals surface area (Å²) in [5, 5.41) is 2.52. The minimum Gasteiger partial charge on any atom is -0.468 e. The van der Waals surface area contributed by atoms with Crippen LogP contribution >= 0.6 is 0 Å². The van der Waals surface area contributed by atoms with Crippen molar-refractivity contribution in [2.24, 2.45) is 0 Å². The first-order chi connectivity index (χ1) is 6.61. The summed E-state index contributed by atoms with van der Waals surface area (Å²) in [5.74, 6) is -1.90. The third kappa shape index (κ3) is 3.01. The number of rotatable bonds is 3. The Labute approximate surface area is 79.7 Å². The van der Waals surface area contributed by atoms with Crippen LogP contribution in [-0.2, 0) is 9.53 Å². The molecular formula is C9H9F2NO2. The Morgan fingerprint density at radius 3 is 2.43 bits per heavy atom. The van der Waals surface area contributed by atoms with Crippen molar-refractivity contribution in [1.29, 1.82) is 0 Å². The van der Waals surface area contributed by atoms with Crippen molar-refractivity contribution < 1.29 is 18.3 Å². The second-order valence-electron chi connectivity index (χ2n) is 2.59. The van der Waals surface area contributed by atoms with Gasteiger partial charge in [-0.1, -0.05) is 0 Å². The van der Waals surface area contributed by atoms with Crippen molar-refractivity contribution in [3.63, 3.8) is 0 Å². The van der Waals surface area contributed by atoms with E-state index < -0.39 is 17.6 Å². The number of esters is 1. The molecule has 1 N–H and O–H groups in total. The summed E-state index contributed by atoms with van der Waals surface area (Å²) in [5.41, 5.74) is 0.202. The highest BCUT2D eigenvalue weighted by atomic mass is 19.1. The summed E-state index contributed by atoms with van der Waals surface area (Å²) in [6.07, 6.45) is 0. The number of ether oxygens (including phenoxy) is 1. The van der Waals surface area contributed by atoms with Crippen molar-refractivity contribution >= 4 is 11.7 Å². The first-order valence-corrected chi connectivity index (χ1v) is 3.88. The van der Waals surface area contributed by atoms with Crippen LogP contribution in [-0.4, -0.2) is 19.6 Å². The van der Waals surface area contributed by atoms with Gasteiger partial charge in [0.2, 0.25) is 0 Å². The number of halogens is 2. The SMILES string of the molecule is COC(=O)CNc1cc(F)cc(F)c1.